The molecular formula is C22H22ClN5O. The van der Waals surface area contributed by atoms with Gasteiger partial charge in [0, 0.05) is 54.2 Å². The predicted molar refractivity (Wildman–Crippen MR) is 117 cm³/mol. The molecule has 1 aromatic carbocycles. The van der Waals surface area contributed by atoms with Crippen molar-refractivity contribution >= 4 is 39.4 Å². The van der Waals surface area contributed by atoms with Crippen molar-refractivity contribution in [2.24, 2.45) is 0 Å². The van der Waals surface area contributed by atoms with Crippen LogP contribution in [0.5, 0.6) is 0 Å². The Kier molecular flexibility index (Phi) is 4.72. The summed E-state index contributed by atoms with van der Waals surface area (Å²) in [6.07, 6.45) is 9.83. The fourth-order valence-corrected chi connectivity index (χ4v) is 4.25. The summed E-state index contributed by atoms with van der Waals surface area (Å²) in [5.41, 5.74) is 2.85. The minimum atomic E-state index is -0.0504. The zero-order valence-electron chi connectivity index (χ0n) is 16.1. The number of fused-ring (bicyclic) bond motifs is 2. The van der Waals surface area contributed by atoms with E-state index in [0.717, 1.165) is 41.9 Å². The van der Waals surface area contributed by atoms with Crippen LogP contribution < -0.4 is 10.5 Å². The van der Waals surface area contributed by atoms with E-state index in [1.165, 1.54) is 19.3 Å². The van der Waals surface area contributed by atoms with Crippen LogP contribution in [0.25, 0.3) is 21.8 Å². The Morgan fingerprint density at radius 1 is 1.10 bits per heavy atom. The number of aromatic amines is 1. The van der Waals surface area contributed by atoms with Crippen LogP contribution in [0.3, 0.4) is 0 Å². The monoisotopic (exact) mass is 407 g/mol. The van der Waals surface area contributed by atoms with Gasteiger partial charge in [0.1, 0.15) is 0 Å². The minimum absolute atomic E-state index is 0.0504. The standard InChI is InChI=1S/C22H22ClN5O/c23-16-4-5-19-17(12-16)15(13-24-19)6-10-27-11-7-20-18(21(27)29)14-25-22(26-20)28-8-2-1-3-9-28/h4-5,7,11-14,24H,1-3,6,8-10H2. The summed E-state index contributed by atoms with van der Waals surface area (Å²) >= 11 is 6.14. The summed E-state index contributed by atoms with van der Waals surface area (Å²) < 4.78 is 1.73. The third-order valence-corrected chi connectivity index (χ3v) is 5.93. The second-order valence-electron chi connectivity index (χ2n) is 7.58. The molecule has 0 spiro atoms. The smallest absolute Gasteiger partial charge is 0.261 e. The van der Waals surface area contributed by atoms with Gasteiger partial charge in [0.25, 0.3) is 5.56 Å². The van der Waals surface area contributed by atoms with E-state index in [0.29, 0.717) is 22.5 Å². The summed E-state index contributed by atoms with van der Waals surface area (Å²) in [4.78, 5) is 27.5. The largest absolute Gasteiger partial charge is 0.361 e. The lowest BCUT2D eigenvalue weighted by atomic mass is 10.1. The molecule has 7 heteroatoms. The van der Waals surface area contributed by atoms with Gasteiger partial charge in [-0.25, -0.2) is 9.97 Å². The summed E-state index contributed by atoms with van der Waals surface area (Å²) in [7, 11) is 0. The number of halogens is 1. The molecule has 1 aliphatic rings. The molecular weight excluding hydrogens is 386 g/mol. The highest BCUT2D eigenvalue weighted by molar-refractivity contribution is 6.31. The van der Waals surface area contributed by atoms with Crippen LogP contribution in [0.4, 0.5) is 5.95 Å². The highest BCUT2D eigenvalue weighted by Crippen LogP contribution is 2.23. The minimum Gasteiger partial charge on any atom is -0.361 e. The predicted octanol–water partition coefficient (Wildman–Crippen LogP) is 4.16. The van der Waals surface area contributed by atoms with E-state index in [-0.39, 0.29) is 5.56 Å². The SMILES string of the molecule is O=c1c2cnc(N3CCCCC3)nc2ccn1CCc1c[nH]c2ccc(Cl)cc12. The average Bonchev–Trinajstić information content (AvgIpc) is 3.16. The molecule has 0 amide bonds. The Morgan fingerprint density at radius 2 is 1.97 bits per heavy atom. The highest BCUT2D eigenvalue weighted by Gasteiger charge is 2.15. The van der Waals surface area contributed by atoms with Gasteiger partial charge in [-0.05, 0) is 55.5 Å². The lowest BCUT2D eigenvalue weighted by molar-refractivity contribution is 0.569. The molecule has 0 atom stereocenters. The number of rotatable bonds is 4. The highest BCUT2D eigenvalue weighted by atomic mass is 35.5. The van der Waals surface area contributed by atoms with Crippen LogP contribution in [0.15, 0.2) is 47.7 Å². The van der Waals surface area contributed by atoms with E-state index < -0.39 is 0 Å². The van der Waals surface area contributed by atoms with Gasteiger partial charge in [0.05, 0.1) is 10.9 Å². The Bertz CT molecular complexity index is 1240. The van der Waals surface area contributed by atoms with Crippen LogP contribution in [0.2, 0.25) is 5.02 Å². The molecule has 1 N–H and O–H groups in total. The van der Waals surface area contributed by atoms with Gasteiger partial charge in [-0.1, -0.05) is 11.6 Å². The summed E-state index contributed by atoms with van der Waals surface area (Å²) in [6, 6.07) is 7.72. The van der Waals surface area contributed by atoms with Crippen molar-refractivity contribution in [2.45, 2.75) is 32.2 Å². The number of nitrogens with zero attached hydrogens (tertiary/aromatic N) is 4. The van der Waals surface area contributed by atoms with Crippen LogP contribution >= 0.6 is 11.6 Å². The molecule has 0 saturated carbocycles. The first-order chi connectivity index (χ1) is 14.2. The molecule has 5 rings (SSSR count). The van der Waals surface area contributed by atoms with Gasteiger partial charge in [0.15, 0.2) is 0 Å². The number of aromatic nitrogens is 4. The van der Waals surface area contributed by atoms with E-state index in [9.17, 15) is 4.79 Å². The Balaban J connectivity index is 1.41. The summed E-state index contributed by atoms with van der Waals surface area (Å²) in [5.74, 6) is 0.727. The van der Waals surface area contributed by atoms with Crippen LogP contribution in [-0.4, -0.2) is 32.6 Å². The van der Waals surface area contributed by atoms with Crippen LogP contribution in [0, 0.1) is 0 Å². The van der Waals surface area contributed by atoms with E-state index in [2.05, 4.69) is 19.9 Å². The maximum atomic E-state index is 12.9. The average molecular weight is 408 g/mol. The number of hydrogen-bond acceptors (Lipinski definition) is 4. The van der Waals surface area contributed by atoms with E-state index in [4.69, 9.17) is 11.6 Å². The van der Waals surface area contributed by atoms with Crippen LogP contribution in [-0.2, 0) is 13.0 Å². The van der Waals surface area contributed by atoms with E-state index in [1.807, 2.05) is 36.7 Å². The number of anilines is 1. The summed E-state index contributed by atoms with van der Waals surface area (Å²) in [5, 5.41) is 2.37. The molecule has 1 fully saturated rings. The second-order valence-corrected chi connectivity index (χ2v) is 8.02. The van der Waals surface area contributed by atoms with E-state index >= 15 is 0 Å². The molecule has 0 unspecified atom stereocenters. The molecule has 3 aromatic heterocycles. The Morgan fingerprint density at radius 3 is 2.83 bits per heavy atom. The Labute approximate surface area is 173 Å². The molecule has 4 heterocycles. The lowest BCUT2D eigenvalue weighted by Gasteiger charge is -2.26. The van der Waals surface area contributed by atoms with Crippen molar-refractivity contribution in [3.63, 3.8) is 0 Å². The molecule has 0 aliphatic carbocycles. The van der Waals surface area contributed by atoms with Gasteiger partial charge in [-0.3, -0.25) is 4.79 Å². The first kappa shape index (κ1) is 18.2. The number of H-pyrrole nitrogens is 1. The normalized spacial score (nSPS) is 14.7. The zero-order valence-corrected chi connectivity index (χ0v) is 16.8. The van der Waals surface area contributed by atoms with Gasteiger partial charge in [0.2, 0.25) is 5.95 Å². The molecule has 4 aromatic rings. The number of aryl methyl sites for hydroxylation is 2. The Hall–Kier alpha value is -2.86. The van der Waals surface area contributed by atoms with Crippen molar-refractivity contribution in [1.29, 1.82) is 0 Å². The van der Waals surface area contributed by atoms with Gasteiger partial charge >= 0.3 is 0 Å². The fourth-order valence-electron chi connectivity index (χ4n) is 4.08. The molecule has 0 radical (unpaired) electrons. The number of benzene rings is 1. The molecule has 148 valence electrons. The van der Waals surface area contributed by atoms with Crippen molar-refractivity contribution in [1.82, 2.24) is 19.5 Å². The quantitative estimate of drug-likeness (QED) is 0.551. The molecule has 0 bridgehead atoms. The lowest BCUT2D eigenvalue weighted by Crippen LogP contribution is -2.31. The third kappa shape index (κ3) is 3.49. The first-order valence-corrected chi connectivity index (χ1v) is 10.4. The second kappa shape index (κ2) is 7.52. The first-order valence-electron chi connectivity index (χ1n) is 10.1. The zero-order chi connectivity index (χ0) is 19.8. The molecule has 1 aliphatic heterocycles. The van der Waals surface area contributed by atoms with Crippen molar-refractivity contribution in [2.75, 3.05) is 18.0 Å². The topological polar surface area (TPSA) is 66.8 Å². The summed E-state index contributed by atoms with van der Waals surface area (Å²) in [6.45, 7) is 2.55. The van der Waals surface area contributed by atoms with Crippen molar-refractivity contribution < 1.29 is 0 Å². The third-order valence-electron chi connectivity index (χ3n) is 5.70. The van der Waals surface area contributed by atoms with Gasteiger partial charge < -0.3 is 14.5 Å². The van der Waals surface area contributed by atoms with E-state index in [1.54, 1.807) is 10.8 Å². The number of piperidine rings is 1. The van der Waals surface area contributed by atoms with Gasteiger partial charge in [-0.2, -0.15) is 0 Å². The van der Waals surface area contributed by atoms with Crippen molar-refractivity contribution in [3.8, 4) is 0 Å². The number of nitrogens with one attached hydrogen (secondary N) is 1. The van der Waals surface area contributed by atoms with Crippen molar-refractivity contribution in [3.05, 3.63) is 63.8 Å². The molecule has 1 saturated heterocycles. The molecule has 6 nitrogen and oxygen atoms in total. The number of hydrogen-bond donors (Lipinski definition) is 1. The number of pyridine rings is 1. The van der Waals surface area contributed by atoms with Gasteiger partial charge in [-0.15, -0.1) is 0 Å². The maximum Gasteiger partial charge on any atom is 0.261 e. The molecule has 29 heavy (non-hydrogen) atoms. The maximum absolute atomic E-state index is 12.9. The fraction of sp³-hybridized carbons (Fsp3) is 0.318. The van der Waals surface area contributed by atoms with Crippen LogP contribution in [0.1, 0.15) is 24.8 Å².